The average Bonchev–Trinajstić information content (AvgIpc) is 2.46. The Morgan fingerprint density at radius 2 is 2.20 bits per heavy atom. The molecule has 1 rings (SSSR count). The summed E-state index contributed by atoms with van der Waals surface area (Å²) in [5, 5.41) is 13.0. The van der Waals surface area contributed by atoms with E-state index in [1.54, 1.807) is 0 Å². The van der Waals surface area contributed by atoms with E-state index in [4.69, 9.17) is 4.74 Å². The molecular weight excluding hydrogens is 252 g/mol. The van der Waals surface area contributed by atoms with Crippen molar-refractivity contribution in [1.82, 2.24) is 10.2 Å². The van der Waals surface area contributed by atoms with Crippen molar-refractivity contribution in [2.45, 2.75) is 64.0 Å². The van der Waals surface area contributed by atoms with Gasteiger partial charge in [-0.25, -0.2) is 0 Å². The minimum absolute atomic E-state index is 0.127. The fourth-order valence-electron chi connectivity index (χ4n) is 2.78. The molecule has 2 N–H and O–H groups in total. The quantitative estimate of drug-likeness (QED) is 0.645. The molecule has 0 aromatic carbocycles. The number of nitrogens with zero attached hydrogens (tertiary/aromatic N) is 1. The molecule has 0 amide bonds. The summed E-state index contributed by atoms with van der Waals surface area (Å²) in [5.74, 6) is 0. The van der Waals surface area contributed by atoms with Gasteiger partial charge in [-0.15, -0.1) is 0 Å². The van der Waals surface area contributed by atoms with Crippen LogP contribution in [0.1, 0.15) is 52.4 Å². The van der Waals surface area contributed by atoms with Gasteiger partial charge in [-0.05, 0) is 65.6 Å². The van der Waals surface area contributed by atoms with Gasteiger partial charge in [0, 0.05) is 18.7 Å². The fourth-order valence-corrected chi connectivity index (χ4v) is 2.78. The zero-order chi connectivity index (χ0) is 14.8. The summed E-state index contributed by atoms with van der Waals surface area (Å²) in [4.78, 5) is 2.37. The van der Waals surface area contributed by atoms with Gasteiger partial charge in [0.15, 0.2) is 0 Å². The molecule has 1 aliphatic heterocycles. The molecule has 0 bridgehead atoms. The van der Waals surface area contributed by atoms with Crippen molar-refractivity contribution in [3.63, 3.8) is 0 Å². The van der Waals surface area contributed by atoms with Crippen LogP contribution in [0.3, 0.4) is 0 Å². The third-order valence-corrected chi connectivity index (χ3v) is 4.21. The molecule has 4 heteroatoms. The van der Waals surface area contributed by atoms with Crippen molar-refractivity contribution < 1.29 is 9.84 Å². The van der Waals surface area contributed by atoms with Gasteiger partial charge in [-0.2, -0.15) is 0 Å². The molecule has 2 atom stereocenters. The number of aliphatic hydroxyl groups excluding tert-OH is 1. The molecular formula is C16H34N2O2. The minimum atomic E-state index is -0.127. The van der Waals surface area contributed by atoms with E-state index in [2.05, 4.69) is 31.1 Å². The summed E-state index contributed by atoms with van der Waals surface area (Å²) in [6.45, 7) is 8.50. The molecule has 4 nitrogen and oxygen atoms in total. The molecule has 1 fully saturated rings. The number of nitrogens with one attached hydrogen (secondary N) is 1. The number of aliphatic hydroxyl groups is 1. The summed E-state index contributed by atoms with van der Waals surface area (Å²) in [7, 11) is 2.17. The first kappa shape index (κ1) is 17.9. The van der Waals surface area contributed by atoms with E-state index in [1.165, 1.54) is 19.3 Å². The van der Waals surface area contributed by atoms with E-state index in [0.717, 1.165) is 45.5 Å². The summed E-state index contributed by atoms with van der Waals surface area (Å²) >= 11 is 0. The molecule has 0 radical (unpaired) electrons. The maximum absolute atomic E-state index is 9.54. The Kier molecular flexibility index (Phi) is 8.69. The highest BCUT2D eigenvalue weighted by atomic mass is 16.5. The van der Waals surface area contributed by atoms with Crippen LogP contribution in [0.15, 0.2) is 0 Å². The highest BCUT2D eigenvalue weighted by Crippen LogP contribution is 2.15. The van der Waals surface area contributed by atoms with Crippen LogP contribution in [0, 0.1) is 0 Å². The van der Waals surface area contributed by atoms with Crippen molar-refractivity contribution in [2.75, 3.05) is 39.9 Å². The van der Waals surface area contributed by atoms with Gasteiger partial charge in [-0.3, -0.25) is 0 Å². The van der Waals surface area contributed by atoms with E-state index >= 15 is 0 Å². The Balaban J connectivity index is 2.17. The smallest absolute Gasteiger partial charge is 0.0701 e. The lowest BCUT2D eigenvalue weighted by Gasteiger charge is -2.31. The molecule has 0 spiro atoms. The highest BCUT2D eigenvalue weighted by molar-refractivity contribution is 4.82. The van der Waals surface area contributed by atoms with E-state index < -0.39 is 0 Å². The minimum Gasteiger partial charge on any atom is -0.394 e. The highest BCUT2D eigenvalue weighted by Gasteiger charge is 2.22. The second-order valence-corrected chi connectivity index (χ2v) is 6.50. The van der Waals surface area contributed by atoms with Crippen LogP contribution in [0.4, 0.5) is 0 Å². The van der Waals surface area contributed by atoms with Crippen LogP contribution in [-0.4, -0.2) is 61.5 Å². The first-order valence-electron chi connectivity index (χ1n) is 8.25. The van der Waals surface area contributed by atoms with Crippen molar-refractivity contribution in [3.05, 3.63) is 0 Å². The number of ether oxygens (including phenoxy) is 1. The Bertz CT molecular complexity index is 245. The normalized spacial score (nSPS) is 22.9. The number of hydrogen-bond acceptors (Lipinski definition) is 4. The first-order valence-corrected chi connectivity index (χ1v) is 8.25. The lowest BCUT2D eigenvalue weighted by molar-refractivity contribution is -0.00194. The van der Waals surface area contributed by atoms with E-state index in [9.17, 15) is 5.11 Å². The Morgan fingerprint density at radius 3 is 2.80 bits per heavy atom. The molecule has 120 valence electrons. The summed E-state index contributed by atoms with van der Waals surface area (Å²) in [6.07, 6.45) is 7.39. The third-order valence-electron chi connectivity index (χ3n) is 4.21. The second kappa shape index (κ2) is 9.72. The third kappa shape index (κ3) is 7.02. The van der Waals surface area contributed by atoms with Gasteiger partial charge in [0.2, 0.25) is 0 Å². The van der Waals surface area contributed by atoms with E-state index in [0.29, 0.717) is 6.10 Å². The molecule has 2 unspecified atom stereocenters. The first-order chi connectivity index (χ1) is 9.59. The topological polar surface area (TPSA) is 44.7 Å². The largest absolute Gasteiger partial charge is 0.394 e. The van der Waals surface area contributed by atoms with Crippen LogP contribution in [-0.2, 0) is 4.74 Å². The maximum Gasteiger partial charge on any atom is 0.0701 e. The monoisotopic (exact) mass is 286 g/mol. The Morgan fingerprint density at radius 1 is 1.40 bits per heavy atom. The van der Waals surface area contributed by atoms with Gasteiger partial charge in [0.05, 0.1) is 12.7 Å². The lowest BCUT2D eigenvalue weighted by Crippen LogP contribution is -2.46. The van der Waals surface area contributed by atoms with Crippen LogP contribution >= 0.6 is 0 Å². The molecule has 1 saturated heterocycles. The Labute approximate surface area is 124 Å². The second-order valence-electron chi connectivity index (χ2n) is 6.50. The van der Waals surface area contributed by atoms with Crippen molar-refractivity contribution in [1.29, 1.82) is 0 Å². The van der Waals surface area contributed by atoms with Gasteiger partial charge in [0.1, 0.15) is 0 Å². The van der Waals surface area contributed by atoms with Gasteiger partial charge < -0.3 is 20.1 Å². The standard InChI is InChI=1S/C16H34N2O2/c1-4-10-17-16(2,14-19)9-7-11-18(3)13-15-8-5-6-12-20-15/h15,17,19H,4-14H2,1-3H3. The predicted octanol–water partition coefficient (Wildman–Crippen LogP) is 2.02. The summed E-state index contributed by atoms with van der Waals surface area (Å²) in [5.41, 5.74) is -0.127. The van der Waals surface area contributed by atoms with Gasteiger partial charge in [-0.1, -0.05) is 6.92 Å². The number of hydrogen-bond donors (Lipinski definition) is 2. The summed E-state index contributed by atoms with van der Waals surface area (Å²) in [6, 6.07) is 0. The molecule has 0 saturated carbocycles. The molecule has 20 heavy (non-hydrogen) atoms. The number of rotatable bonds is 10. The molecule has 0 aromatic rings. The van der Waals surface area contributed by atoms with Crippen molar-refractivity contribution in [2.24, 2.45) is 0 Å². The van der Waals surface area contributed by atoms with Gasteiger partial charge in [0.25, 0.3) is 0 Å². The van der Waals surface area contributed by atoms with Crippen LogP contribution in [0.2, 0.25) is 0 Å². The Hall–Kier alpha value is -0.160. The zero-order valence-corrected chi connectivity index (χ0v) is 13.7. The lowest BCUT2D eigenvalue weighted by atomic mass is 9.96. The SMILES string of the molecule is CCCNC(C)(CO)CCCN(C)CC1CCCCO1. The molecule has 1 heterocycles. The van der Waals surface area contributed by atoms with E-state index in [-0.39, 0.29) is 12.1 Å². The summed E-state index contributed by atoms with van der Waals surface area (Å²) < 4.78 is 5.78. The van der Waals surface area contributed by atoms with Crippen LogP contribution in [0.25, 0.3) is 0 Å². The number of likely N-dealkylation sites (N-methyl/N-ethyl adjacent to an activating group) is 1. The average molecular weight is 286 g/mol. The van der Waals surface area contributed by atoms with Crippen molar-refractivity contribution in [3.8, 4) is 0 Å². The molecule has 1 aliphatic rings. The van der Waals surface area contributed by atoms with Crippen LogP contribution < -0.4 is 5.32 Å². The van der Waals surface area contributed by atoms with Crippen LogP contribution in [0.5, 0.6) is 0 Å². The molecule has 0 aliphatic carbocycles. The van der Waals surface area contributed by atoms with E-state index in [1.807, 2.05) is 0 Å². The maximum atomic E-state index is 9.54. The van der Waals surface area contributed by atoms with Crippen molar-refractivity contribution >= 4 is 0 Å². The van der Waals surface area contributed by atoms with Gasteiger partial charge >= 0.3 is 0 Å². The predicted molar refractivity (Wildman–Crippen MR) is 84.1 cm³/mol. The fraction of sp³-hybridized carbons (Fsp3) is 1.00. The zero-order valence-electron chi connectivity index (χ0n) is 13.7. The molecule has 0 aromatic heterocycles.